The summed E-state index contributed by atoms with van der Waals surface area (Å²) in [4.78, 5) is 27.3. The van der Waals surface area contributed by atoms with Crippen LogP contribution in [0.2, 0.25) is 5.02 Å². The van der Waals surface area contributed by atoms with Gasteiger partial charge >= 0.3 is 0 Å². The van der Waals surface area contributed by atoms with Gasteiger partial charge in [0.05, 0.1) is 16.6 Å². The number of carbonyl (C=O) groups excluding carboxylic acids is 2. The molecule has 29 heavy (non-hydrogen) atoms. The van der Waals surface area contributed by atoms with E-state index in [1.807, 2.05) is 38.9 Å². The molecule has 0 saturated heterocycles. The van der Waals surface area contributed by atoms with E-state index in [-0.39, 0.29) is 30.2 Å². The Morgan fingerprint density at radius 2 is 1.79 bits per heavy atom. The van der Waals surface area contributed by atoms with Gasteiger partial charge in [0.1, 0.15) is 11.9 Å². The number of benzene rings is 2. The third-order valence-electron chi connectivity index (χ3n) is 4.68. The van der Waals surface area contributed by atoms with Crippen LogP contribution >= 0.6 is 11.6 Å². The van der Waals surface area contributed by atoms with Crippen molar-refractivity contribution in [2.75, 3.05) is 20.6 Å². The summed E-state index contributed by atoms with van der Waals surface area (Å²) in [6, 6.07) is 12.1. The van der Waals surface area contributed by atoms with Gasteiger partial charge in [0.15, 0.2) is 0 Å². The second kappa shape index (κ2) is 10.4. The van der Waals surface area contributed by atoms with Crippen LogP contribution < -0.4 is 10.6 Å². The first-order valence-corrected chi connectivity index (χ1v) is 9.83. The summed E-state index contributed by atoms with van der Waals surface area (Å²) in [7, 11) is 3.72. The predicted octanol–water partition coefficient (Wildman–Crippen LogP) is 3.65. The van der Waals surface area contributed by atoms with E-state index in [4.69, 9.17) is 11.6 Å². The highest BCUT2D eigenvalue weighted by Gasteiger charge is 2.26. The number of nitrogens with one attached hydrogen (secondary N) is 2. The van der Waals surface area contributed by atoms with Gasteiger partial charge in [-0.1, -0.05) is 49.7 Å². The van der Waals surface area contributed by atoms with Crippen molar-refractivity contribution in [2.24, 2.45) is 5.92 Å². The van der Waals surface area contributed by atoms with Crippen LogP contribution in [0.3, 0.4) is 0 Å². The first-order chi connectivity index (χ1) is 13.7. The van der Waals surface area contributed by atoms with Crippen molar-refractivity contribution < 1.29 is 14.0 Å². The summed E-state index contributed by atoms with van der Waals surface area (Å²) in [5.41, 5.74) is 1.08. The summed E-state index contributed by atoms with van der Waals surface area (Å²) in [5.74, 6) is -1.16. The topological polar surface area (TPSA) is 61.4 Å². The van der Waals surface area contributed by atoms with Crippen molar-refractivity contribution in [3.63, 3.8) is 0 Å². The fraction of sp³-hybridized carbons (Fsp3) is 0.364. The molecule has 0 bridgehead atoms. The molecule has 0 saturated carbocycles. The molecule has 0 heterocycles. The van der Waals surface area contributed by atoms with E-state index in [2.05, 4.69) is 10.6 Å². The van der Waals surface area contributed by atoms with E-state index < -0.39 is 11.9 Å². The largest absolute Gasteiger partial charge is 0.352 e. The van der Waals surface area contributed by atoms with E-state index in [9.17, 15) is 14.0 Å². The minimum absolute atomic E-state index is 0.131. The Morgan fingerprint density at radius 3 is 2.38 bits per heavy atom. The first kappa shape index (κ1) is 22.8. The van der Waals surface area contributed by atoms with Crippen molar-refractivity contribution in [3.05, 3.63) is 70.5 Å². The normalized spacial score (nSPS) is 13.2. The number of halogens is 2. The Labute approximate surface area is 176 Å². The average Bonchev–Trinajstić information content (AvgIpc) is 2.65. The molecule has 0 radical (unpaired) electrons. The molecule has 5 nitrogen and oxygen atoms in total. The van der Waals surface area contributed by atoms with E-state index in [1.165, 1.54) is 12.1 Å². The third-order valence-corrected chi connectivity index (χ3v) is 5.01. The summed E-state index contributed by atoms with van der Waals surface area (Å²) < 4.78 is 13.6. The van der Waals surface area contributed by atoms with Gasteiger partial charge in [0.25, 0.3) is 5.91 Å². The number of hydrogen-bond acceptors (Lipinski definition) is 3. The second-order valence-corrected chi connectivity index (χ2v) is 7.86. The van der Waals surface area contributed by atoms with Crippen LogP contribution in [-0.2, 0) is 4.79 Å². The smallest absolute Gasteiger partial charge is 0.253 e. The zero-order valence-corrected chi connectivity index (χ0v) is 17.8. The lowest BCUT2D eigenvalue weighted by Gasteiger charge is -2.27. The molecular formula is C22H27ClFN3O2. The molecule has 2 rings (SSSR count). The van der Waals surface area contributed by atoms with Gasteiger partial charge in [-0.05, 0) is 49.8 Å². The number of amides is 2. The van der Waals surface area contributed by atoms with Gasteiger partial charge in [0, 0.05) is 6.54 Å². The summed E-state index contributed by atoms with van der Waals surface area (Å²) >= 11 is 6.08. The van der Waals surface area contributed by atoms with Crippen molar-refractivity contribution in [1.29, 1.82) is 0 Å². The predicted molar refractivity (Wildman–Crippen MR) is 113 cm³/mol. The Morgan fingerprint density at radius 1 is 1.10 bits per heavy atom. The maximum Gasteiger partial charge on any atom is 0.253 e. The van der Waals surface area contributed by atoms with Gasteiger partial charge in [-0.15, -0.1) is 0 Å². The molecule has 156 valence electrons. The first-order valence-electron chi connectivity index (χ1n) is 9.45. The van der Waals surface area contributed by atoms with Crippen LogP contribution in [0, 0.1) is 11.7 Å². The van der Waals surface area contributed by atoms with Gasteiger partial charge in [-0.2, -0.15) is 0 Å². The summed E-state index contributed by atoms with van der Waals surface area (Å²) in [6.45, 7) is 3.99. The van der Waals surface area contributed by atoms with Crippen LogP contribution in [0.5, 0.6) is 0 Å². The maximum atomic E-state index is 13.6. The highest BCUT2D eigenvalue weighted by Crippen LogP contribution is 2.19. The van der Waals surface area contributed by atoms with Crippen LogP contribution in [0.4, 0.5) is 4.39 Å². The van der Waals surface area contributed by atoms with E-state index in [0.29, 0.717) is 10.6 Å². The van der Waals surface area contributed by atoms with Crippen LogP contribution in [0.1, 0.15) is 35.8 Å². The quantitative estimate of drug-likeness (QED) is 0.686. The van der Waals surface area contributed by atoms with Gasteiger partial charge in [-0.3, -0.25) is 9.59 Å². The zero-order valence-electron chi connectivity index (χ0n) is 17.1. The van der Waals surface area contributed by atoms with Gasteiger partial charge in [-0.25, -0.2) is 4.39 Å². The highest BCUT2D eigenvalue weighted by atomic mass is 35.5. The zero-order chi connectivity index (χ0) is 21.6. The van der Waals surface area contributed by atoms with E-state index in [1.54, 1.807) is 30.3 Å². The van der Waals surface area contributed by atoms with Crippen LogP contribution in [-0.4, -0.2) is 43.4 Å². The average molecular weight is 420 g/mol. The van der Waals surface area contributed by atoms with Gasteiger partial charge < -0.3 is 15.5 Å². The Hall–Kier alpha value is -2.44. The van der Waals surface area contributed by atoms with Crippen LogP contribution in [0.15, 0.2) is 48.5 Å². The fourth-order valence-corrected chi connectivity index (χ4v) is 3.24. The molecule has 0 fully saturated rings. The van der Waals surface area contributed by atoms with Crippen molar-refractivity contribution in [2.45, 2.75) is 25.9 Å². The van der Waals surface area contributed by atoms with E-state index >= 15 is 0 Å². The molecule has 0 aliphatic rings. The number of hydrogen-bond donors (Lipinski definition) is 2. The standard InChI is InChI=1S/C22H27ClFN3O2/c1-14(2)20(26-21(28)17-10-5-6-11-18(17)23)22(29)25-13-19(27(3)4)15-8-7-9-16(24)12-15/h5-12,14,19-20H,13H2,1-4H3,(H,25,29)(H,26,28). The summed E-state index contributed by atoms with van der Waals surface area (Å²) in [6.07, 6.45) is 0. The number of nitrogens with zero attached hydrogens (tertiary/aromatic N) is 1. The SMILES string of the molecule is CC(C)C(NC(=O)c1ccccc1Cl)C(=O)NCC(c1cccc(F)c1)N(C)C. The number of rotatable bonds is 8. The van der Waals surface area contributed by atoms with E-state index in [0.717, 1.165) is 5.56 Å². The lowest BCUT2D eigenvalue weighted by molar-refractivity contribution is -0.124. The molecule has 0 aliphatic carbocycles. The molecule has 0 spiro atoms. The maximum absolute atomic E-state index is 13.6. The second-order valence-electron chi connectivity index (χ2n) is 7.45. The molecule has 2 amide bonds. The fourth-order valence-electron chi connectivity index (χ4n) is 3.02. The molecular weight excluding hydrogens is 393 g/mol. The lowest BCUT2D eigenvalue weighted by atomic mass is 10.0. The molecule has 2 unspecified atom stereocenters. The molecule has 0 aromatic heterocycles. The van der Waals surface area contributed by atoms with Crippen molar-refractivity contribution >= 4 is 23.4 Å². The summed E-state index contributed by atoms with van der Waals surface area (Å²) in [5, 5.41) is 5.98. The minimum atomic E-state index is -0.728. The molecule has 2 aromatic rings. The Kier molecular flexibility index (Phi) is 8.17. The van der Waals surface area contributed by atoms with Crippen molar-refractivity contribution in [1.82, 2.24) is 15.5 Å². The minimum Gasteiger partial charge on any atom is -0.352 e. The third kappa shape index (κ3) is 6.27. The van der Waals surface area contributed by atoms with Crippen LogP contribution in [0.25, 0.3) is 0 Å². The Bertz CT molecular complexity index is 857. The molecule has 0 aliphatic heterocycles. The number of carbonyl (C=O) groups is 2. The molecule has 2 atom stereocenters. The van der Waals surface area contributed by atoms with Crippen molar-refractivity contribution in [3.8, 4) is 0 Å². The molecule has 7 heteroatoms. The molecule has 2 aromatic carbocycles. The molecule has 2 N–H and O–H groups in total. The van der Waals surface area contributed by atoms with Gasteiger partial charge in [0.2, 0.25) is 5.91 Å². The Balaban J connectivity index is 2.08. The number of likely N-dealkylation sites (N-methyl/N-ethyl adjacent to an activating group) is 1. The lowest BCUT2D eigenvalue weighted by Crippen LogP contribution is -2.51. The monoisotopic (exact) mass is 419 g/mol. The highest BCUT2D eigenvalue weighted by molar-refractivity contribution is 6.33.